The van der Waals surface area contributed by atoms with Crippen LogP contribution in [-0.2, 0) is 4.79 Å². The van der Waals surface area contributed by atoms with E-state index in [1.54, 1.807) is 18.3 Å². The number of carbonyl (C=O) groups excluding carboxylic acids is 1. The summed E-state index contributed by atoms with van der Waals surface area (Å²) in [6.07, 6.45) is 2.35. The smallest absolute Gasteiger partial charge is 0.270 e. The maximum atomic E-state index is 11.9. The maximum Gasteiger partial charge on any atom is 0.270 e. The van der Waals surface area contributed by atoms with E-state index >= 15 is 0 Å². The van der Waals surface area contributed by atoms with E-state index in [-0.39, 0.29) is 5.91 Å². The Morgan fingerprint density at radius 1 is 1.53 bits per heavy atom. The normalized spacial score (nSPS) is 28.4. The number of anilines is 1. The third-order valence-corrected chi connectivity index (χ3v) is 2.84. The largest absolute Gasteiger partial charge is 0.458 e. The van der Waals surface area contributed by atoms with Crippen LogP contribution >= 0.6 is 0 Å². The van der Waals surface area contributed by atoms with Crippen molar-refractivity contribution in [3.05, 3.63) is 18.3 Å². The van der Waals surface area contributed by atoms with Crippen LogP contribution in [0.4, 0.5) is 5.69 Å². The standard InChI is InChI=1S/C10H11N3O2/c14-9-10(3-5-11-6-10)15-8-7(13-9)2-1-4-12-8/h1-2,4,11H,3,5-6H2,(H,13,14). The first-order chi connectivity index (χ1) is 7.30. The van der Waals surface area contributed by atoms with E-state index in [1.165, 1.54) is 0 Å². The number of aromatic nitrogens is 1. The molecule has 1 unspecified atom stereocenters. The van der Waals surface area contributed by atoms with Crippen molar-refractivity contribution in [2.45, 2.75) is 12.0 Å². The van der Waals surface area contributed by atoms with Gasteiger partial charge in [-0.3, -0.25) is 4.79 Å². The Hall–Kier alpha value is -1.62. The second-order valence-corrected chi connectivity index (χ2v) is 3.83. The number of amides is 1. The molecule has 3 rings (SSSR count). The lowest BCUT2D eigenvalue weighted by Crippen LogP contribution is -2.52. The molecule has 0 saturated carbocycles. The number of nitrogens with one attached hydrogen (secondary N) is 2. The van der Waals surface area contributed by atoms with Gasteiger partial charge in [0, 0.05) is 19.2 Å². The van der Waals surface area contributed by atoms with Crippen LogP contribution in [-0.4, -0.2) is 29.6 Å². The van der Waals surface area contributed by atoms with Crippen LogP contribution < -0.4 is 15.4 Å². The molecule has 78 valence electrons. The van der Waals surface area contributed by atoms with Gasteiger partial charge in [-0.05, 0) is 18.7 Å². The topological polar surface area (TPSA) is 63.2 Å². The molecule has 3 heterocycles. The minimum Gasteiger partial charge on any atom is -0.458 e. The Bertz CT molecular complexity index is 413. The average molecular weight is 205 g/mol. The van der Waals surface area contributed by atoms with Crippen molar-refractivity contribution < 1.29 is 9.53 Å². The SMILES string of the molecule is O=C1Nc2cccnc2OC12CCNC2. The van der Waals surface area contributed by atoms with E-state index < -0.39 is 5.60 Å². The Morgan fingerprint density at radius 2 is 2.47 bits per heavy atom. The molecule has 5 heteroatoms. The van der Waals surface area contributed by atoms with Crippen LogP contribution in [0.1, 0.15) is 6.42 Å². The minimum atomic E-state index is -0.749. The van der Waals surface area contributed by atoms with Crippen molar-refractivity contribution in [3.8, 4) is 5.88 Å². The van der Waals surface area contributed by atoms with Gasteiger partial charge in [0.05, 0.1) is 0 Å². The molecule has 0 aromatic carbocycles. The van der Waals surface area contributed by atoms with Crippen molar-refractivity contribution in [3.63, 3.8) is 0 Å². The third-order valence-electron chi connectivity index (χ3n) is 2.84. The van der Waals surface area contributed by atoms with Crippen LogP contribution in [0.3, 0.4) is 0 Å². The number of nitrogens with zero attached hydrogens (tertiary/aromatic N) is 1. The van der Waals surface area contributed by atoms with E-state index in [0.29, 0.717) is 24.5 Å². The zero-order valence-corrected chi connectivity index (χ0v) is 8.12. The fraction of sp³-hybridized carbons (Fsp3) is 0.400. The molecule has 1 saturated heterocycles. The summed E-state index contributed by atoms with van der Waals surface area (Å²) in [5.74, 6) is 0.439. The number of ether oxygens (including phenoxy) is 1. The predicted molar refractivity (Wildman–Crippen MR) is 53.7 cm³/mol. The van der Waals surface area contributed by atoms with Gasteiger partial charge in [-0.2, -0.15) is 0 Å². The highest BCUT2D eigenvalue weighted by atomic mass is 16.5. The van der Waals surface area contributed by atoms with Gasteiger partial charge < -0.3 is 15.4 Å². The highest BCUT2D eigenvalue weighted by Crippen LogP contribution is 2.33. The molecule has 0 aliphatic carbocycles. The summed E-state index contributed by atoms with van der Waals surface area (Å²) >= 11 is 0. The van der Waals surface area contributed by atoms with Crippen LogP contribution in [0.2, 0.25) is 0 Å². The van der Waals surface area contributed by atoms with E-state index in [4.69, 9.17) is 4.74 Å². The summed E-state index contributed by atoms with van der Waals surface area (Å²) in [6.45, 7) is 1.35. The van der Waals surface area contributed by atoms with Gasteiger partial charge in [-0.15, -0.1) is 0 Å². The molecular weight excluding hydrogens is 194 g/mol. The molecule has 2 N–H and O–H groups in total. The summed E-state index contributed by atoms with van der Waals surface area (Å²) in [4.78, 5) is 16.0. The van der Waals surface area contributed by atoms with Gasteiger partial charge in [0.25, 0.3) is 5.91 Å². The van der Waals surface area contributed by atoms with E-state index in [1.807, 2.05) is 0 Å². The fourth-order valence-electron chi connectivity index (χ4n) is 1.98. The highest BCUT2D eigenvalue weighted by Gasteiger charge is 2.47. The van der Waals surface area contributed by atoms with Crippen molar-refractivity contribution in [2.75, 3.05) is 18.4 Å². The molecule has 1 amide bonds. The molecule has 2 aliphatic heterocycles. The van der Waals surface area contributed by atoms with Crippen LogP contribution in [0.15, 0.2) is 18.3 Å². The quantitative estimate of drug-likeness (QED) is 0.632. The number of carbonyl (C=O) groups is 1. The van der Waals surface area contributed by atoms with E-state index in [9.17, 15) is 4.79 Å². The number of pyridine rings is 1. The molecular formula is C10H11N3O2. The molecule has 0 radical (unpaired) electrons. The molecule has 0 bridgehead atoms. The number of hydrogen-bond donors (Lipinski definition) is 2. The lowest BCUT2D eigenvalue weighted by molar-refractivity contribution is -0.131. The average Bonchev–Trinajstić information content (AvgIpc) is 2.70. The molecule has 1 aromatic rings. The first-order valence-corrected chi connectivity index (χ1v) is 4.96. The van der Waals surface area contributed by atoms with Crippen LogP contribution in [0.25, 0.3) is 0 Å². The zero-order valence-electron chi connectivity index (χ0n) is 8.12. The monoisotopic (exact) mass is 205 g/mol. The van der Waals surface area contributed by atoms with Gasteiger partial charge in [0.2, 0.25) is 11.5 Å². The summed E-state index contributed by atoms with van der Waals surface area (Å²) in [5, 5.41) is 5.96. The van der Waals surface area contributed by atoms with E-state index in [2.05, 4.69) is 15.6 Å². The van der Waals surface area contributed by atoms with E-state index in [0.717, 1.165) is 6.54 Å². The minimum absolute atomic E-state index is 0.0759. The van der Waals surface area contributed by atoms with Crippen LogP contribution in [0, 0.1) is 0 Å². The number of hydrogen-bond acceptors (Lipinski definition) is 4. The molecule has 5 nitrogen and oxygen atoms in total. The molecule has 1 aromatic heterocycles. The lowest BCUT2D eigenvalue weighted by atomic mass is 10.0. The number of fused-ring (bicyclic) bond motifs is 1. The maximum absolute atomic E-state index is 11.9. The molecule has 1 spiro atoms. The lowest BCUT2D eigenvalue weighted by Gasteiger charge is -2.32. The first kappa shape index (κ1) is 8.67. The van der Waals surface area contributed by atoms with Crippen molar-refractivity contribution in [2.24, 2.45) is 0 Å². The summed E-state index contributed by atoms with van der Waals surface area (Å²) < 4.78 is 5.71. The molecule has 2 aliphatic rings. The van der Waals surface area contributed by atoms with Crippen molar-refractivity contribution in [1.29, 1.82) is 0 Å². The molecule has 15 heavy (non-hydrogen) atoms. The van der Waals surface area contributed by atoms with Gasteiger partial charge >= 0.3 is 0 Å². The van der Waals surface area contributed by atoms with Gasteiger partial charge in [-0.25, -0.2) is 4.98 Å². The number of rotatable bonds is 0. The van der Waals surface area contributed by atoms with Crippen LogP contribution in [0.5, 0.6) is 5.88 Å². The third kappa shape index (κ3) is 1.20. The second-order valence-electron chi connectivity index (χ2n) is 3.83. The Morgan fingerprint density at radius 3 is 3.27 bits per heavy atom. The van der Waals surface area contributed by atoms with Crippen molar-refractivity contribution in [1.82, 2.24) is 10.3 Å². The molecule has 1 fully saturated rings. The fourth-order valence-corrected chi connectivity index (χ4v) is 1.98. The van der Waals surface area contributed by atoms with Crippen molar-refractivity contribution >= 4 is 11.6 Å². The highest BCUT2D eigenvalue weighted by molar-refractivity contribution is 6.00. The molecule has 1 atom stereocenters. The first-order valence-electron chi connectivity index (χ1n) is 4.96. The zero-order chi connectivity index (χ0) is 10.3. The Labute approximate surface area is 86.8 Å². The Kier molecular flexibility index (Phi) is 1.70. The van der Waals surface area contributed by atoms with Gasteiger partial charge in [0.15, 0.2) is 0 Å². The van der Waals surface area contributed by atoms with Gasteiger partial charge in [0.1, 0.15) is 5.69 Å². The van der Waals surface area contributed by atoms with Gasteiger partial charge in [-0.1, -0.05) is 0 Å². The second kappa shape index (κ2) is 2.93. The summed E-state index contributed by atoms with van der Waals surface area (Å²) in [7, 11) is 0. The predicted octanol–water partition coefficient (Wildman–Crippen LogP) is 0.145. The Balaban J connectivity index is 2.02. The summed E-state index contributed by atoms with van der Waals surface area (Å²) in [6, 6.07) is 3.56. The summed E-state index contributed by atoms with van der Waals surface area (Å²) in [5.41, 5.74) is -0.0959.